The first-order chi connectivity index (χ1) is 12.5. The van der Waals surface area contributed by atoms with Crippen LogP contribution in [0.3, 0.4) is 0 Å². The molecule has 7 nitrogen and oxygen atoms in total. The maximum absolute atomic E-state index is 12.2. The Bertz CT molecular complexity index is 629. The van der Waals surface area contributed by atoms with E-state index in [9.17, 15) is 14.4 Å². The SMILES string of the molecule is CCOC(=O)CCC(=O)NCC1CC(=O)N(c2ccc(OCC)cc2)C1. The zero-order valence-electron chi connectivity index (χ0n) is 15.3. The van der Waals surface area contributed by atoms with Gasteiger partial charge < -0.3 is 19.7 Å². The van der Waals surface area contributed by atoms with Crippen molar-refractivity contribution in [1.82, 2.24) is 5.32 Å². The molecule has 0 aromatic heterocycles. The van der Waals surface area contributed by atoms with Gasteiger partial charge in [0.2, 0.25) is 11.8 Å². The molecule has 1 saturated heterocycles. The Morgan fingerprint density at radius 1 is 1.15 bits per heavy atom. The molecule has 2 amide bonds. The Hall–Kier alpha value is -2.57. The minimum Gasteiger partial charge on any atom is -0.494 e. The smallest absolute Gasteiger partial charge is 0.306 e. The number of rotatable bonds is 9. The summed E-state index contributed by atoms with van der Waals surface area (Å²) in [6.07, 6.45) is 0.565. The molecule has 1 aromatic carbocycles. The van der Waals surface area contributed by atoms with Crippen LogP contribution in [-0.2, 0) is 19.1 Å². The van der Waals surface area contributed by atoms with Crippen LogP contribution in [0.5, 0.6) is 5.75 Å². The fraction of sp³-hybridized carbons (Fsp3) is 0.526. The summed E-state index contributed by atoms with van der Waals surface area (Å²) in [5, 5.41) is 2.79. The van der Waals surface area contributed by atoms with Gasteiger partial charge in [-0.2, -0.15) is 0 Å². The van der Waals surface area contributed by atoms with Crippen molar-refractivity contribution in [2.75, 3.05) is 31.2 Å². The van der Waals surface area contributed by atoms with Gasteiger partial charge in [0.1, 0.15) is 5.75 Å². The molecule has 142 valence electrons. The van der Waals surface area contributed by atoms with E-state index in [1.54, 1.807) is 11.8 Å². The maximum atomic E-state index is 12.2. The molecule has 26 heavy (non-hydrogen) atoms. The first-order valence-electron chi connectivity index (χ1n) is 8.99. The van der Waals surface area contributed by atoms with Gasteiger partial charge in [-0.15, -0.1) is 0 Å². The summed E-state index contributed by atoms with van der Waals surface area (Å²) in [6, 6.07) is 7.42. The molecular formula is C19H26N2O5. The number of nitrogens with zero attached hydrogens (tertiary/aromatic N) is 1. The molecule has 0 aliphatic carbocycles. The fourth-order valence-electron chi connectivity index (χ4n) is 2.85. The molecule has 0 spiro atoms. The second kappa shape index (κ2) is 9.79. The zero-order valence-corrected chi connectivity index (χ0v) is 15.3. The molecule has 1 aromatic rings. The van der Waals surface area contributed by atoms with Crippen molar-refractivity contribution in [2.24, 2.45) is 5.92 Å². The van der Waals surface area contributed by atoms with Crippen molar-refractivity contribution < 1.29 is 23.9 Å². The van der Waals surface area contributed by atoms with Crippen LogP contribution >= 0.6 is 0 Å². The molecule has 1 heterocycles. The number of nitrogens with one attached hydrogen (secondary N) is 1. The van der Waals surface area contributed by atoms with Crippen molar-refractivity contribution in [1.29, 1.82) is 0 Å². The van der Waals surface area contributed by atoms with E-state index in [1.165, 1.54) is 0 Å². The molecule has 7 heteroatoms. The second-order valence-electron chi connectivity index (χ2n) is 6.11. The van der Waals surface area contributed by atoms with Gasteiger partial charge in [-0.05, 0) is 38.1 Å². The average molecular weight is 362 g/mol. The molecule has 1 fully saturated rings. The molecule has 0 saturated carbocycles. The lowest BCUT2D eigenvalue weighted by molar-refractivity contribution is -0.144. The van der Waals surface area contributed by atoms with Crippen LogP contribution in [0.25, 0.3) is 0 Å². The van der Waals surface area contributed by atoms with Crippen LogP contribution in [-0.4, -0.2) is 44.1 Å². The quantitative estimate of drug-likeness (QED) is 0.678. The number of carbonyl (C=O) groups excluding carboxylic acids is 3. The lowest BCUT2D eigenvalue weighted by Crippen LogP contribution is -2.31. The highest BCUT2D eigenvalue weighted by Gasteiger charge is 2.30. The van der Waals surface area contributed by atoms with Gasteiger partial charge >= 0.3 is 5.97 Å². The second-order valence-corrected chi connectivity index (χ2v) is 6.11. The lowest BCUT2D eigenvalue weighted by atomic mass is 10.1. The summed E-state index contributed by atoms with van der Waals surface area (Å²) in [4.78, 5) is 37.0. The summed E-state index contributed by atoms with van der Waals surface area (Å²) in [7, 11) is 0. The molecule has 1 aliphatic heterocycles. The van der Waals surface area contributed by atoms with Gasteiger partial charge in [0.05, 0.1) is 19.6 Å². The van der Waals surface area contributed by atoms with Crippen molar-refractivity contribution >= 4 is 23.5 Å². The normalized spacial score (nSPS) is 16.5. The third-order valence-electron chi connectivity index (χ3n) is 4.11. The molecule has 1 atom stereocenters. The zero-order chi connectivity index (χ0) is 18.9. The molecule has 0 radical (unpaired) electrons. The summed E-state index contributed by atoms with van der Waals surface area (Å²) < 4.78 is 10.2. The molecule has 2 rings (SSSR count). The minimum absolute atomic E-state index is 0.0416. The van der Waals surface area contributed by atoms with Crippen LogP contribution in [0, 0.1) is 5.92 Å². The monoisotopic (exact) mass is 362 g/mol. The number of carbonyl (C=O) groups is 3. The highest BCUT2D eigenvalue weighted by atomic mass is 16.5. The number of esters is 1. The van der Waals surface area contributed by atoms with Crippen LogP contribution in [0.15, 0.2) is 24.3 Å². The van der Waals surface area contributed by atoms with Gasteiger partial charge in [0.25, 0.3) is 0 Å². The Morgan fingerprint density at radius 2 is 1.88 bits per heavy atom. The number of anilines is 1. The first-order valence-corrected chi connectivity index (χ1v) is 8.99. The van der Waals surface area contributed by atoms with Gasteiger partial charge in [-0.3, -0.25) is 14.4 Å². The maximum Gasteiger partial charge on any atom is 0.306 e. The van der Waals surface area contributed by atoms with Crippen molar-refractivity contribution in [3.05, 3.63) is 24.3 Å². The van der Waals surface area contributed by atoms with E-state index < -0.39 is 0 Å². The van der Waals surface area contributed by atoms with Gasteiger partial charge in [-0.25, -0.2) is 0 Å². The predicted octanol–water partition coefficient (Wildman–Crippen LogP) is 1.90. The third kappa shape index (κ3) is 5.75. The molecular weight excluding hydrogens is 336 g/mol. The van der Waals surface area contributed by atoms with E-state index in [-0.39, 0.29) is 36.5 Å². The standard InChI is InChI=1S/C19H26N2O5/c1-3-25-16-7-5-15(6-8-16)21-13-14(11-18(21)23)12-20-17(22)9-10-19(24)26-4-2/h5-8,14H,3-4,9-13H2,1-2H3,(H,20,22). The third-order valence-corrected chi connectivity index (χ3v) is 4.11. The predicted molar refractivity (Wildman–Crippen MR) is 96.9 cm³/mol. The van der Waals surface area contributed by atoms with E-state index in [4.69, 9.17) is 9.47 Å². The summed E-state index contributed by atoms with van der Waals surface area (Å²) in [5.41, 5.74) is 0.828. The highest BCUT2D eigenvalue weighted by molar-refractivity contribution is 5.95. The van der Waals surface area contributed by atoms with Crippen LogP contribution in [0.1, 0.15) is 33.1 Å². The Morgan fingerprint density at radius 3 is 2.54 bits per heavy atom. The topological polar surface area (TPSA) is 84.9 Å². The lowest BCUT2D eigenvalue weighted by Gasteiger charge is -2.17. The summed E-state index contributed by atoms with van der Waals surface area (Å²) >= 11 is 0. The van der Waals surface area contributed by atoms with Crippen LogP contribution < -0.4 is 15.0 Å². The van der Waals surface area contributed by atoms with Crippen molar-refractivity contribution in [2.45, 2.75) is 33.1 Å². The highest BCUT2D eigenvalue weighted by Crippen LogP contribution is 2.26. The summed E-state index contributed by atoms with van der Waals surface area (Å²) in [5.74, 6) is 0.291. The average Bonchev–Trinajstić information content (AvgIpc) is 3.00. The summed E-state index contributed by atoms with van der Waals surface area (Å²) in [6.45, 7) is 5.53. The van der Waals surface area contributed by atoms with E-state index in [2.05, 4.69) is 5.32 Å². The number of hydrogen-bond donors (Lipinski definition) is 1. The van der Waals surface area contributed by atoms with E-state index in [0.29, 0.717) is 32.7 Å². The first kappa shape index (κ1) is 19.8. The fourth-order valence-corrected chi connectivity index (χ4v) is 2.85. The minimum atomic E-state index is -0.375. The Kier molecular flexibility index (Phi) is 7.44. The Labute approximate surface area is 153 Å². The van der Waals surface area contributed by atoms with Crippen molar-refractivity contribution in [3.8, 4) is 5.75 Å². The van der Waals surface area contributed by atoms with Crippen LogP contribution in [0.2, 0.25) is 0 Å². The van der Waals surface area contributed by atoms with Crippen molar-refractivity contribution in [3.63, 3.8) is 0 Å². The van der Waals surface area contributed by atoms with Gasteiger partial charge in [0.15, 0.2) is 0 Å². The van der Waals surface area contributed by atoms with Gasteiger partial charge in [0, 0.05) is 37.5 Å². The number of hydrogen-bond acceptors (Lipinski definition) is 5. The van der Waals surface area contributed by atoms with E-state index >= 15 is 0 Å². The molecule has 1 unspecified atom stereocenters. The molecule has 1 N–H and O–H groups in total. The number of benzene rings is 1. The van der Waals surface area contributed by atoms with E-state index in [1.807, 2.05) is 31.2 Å². The molecule has 0 bridgehead atoms. The van der Waals surface area contributed by atoms with Crippen LogP contribution in [0.4, 0.5) is 5.69 Å². The largest absolute Gasteiger partial charge is 0.494 e. The number of ether oxygens (including phenoxy) is 2. The van der Waals surface area contributed by atoms with Gasteiger partial charge in [-0.1, -0.05) is 0 Å². The Balaban J connectivity index is 1.78. The number of amides is 2. The van der Waals surface area contributed by atoms with E-state index in [0.717, 1.165) is 11.4 Å². The molecule has 1 aliphatic rings.